The minimum Gasteiger partial charge on any atom is -0.207 e. The largest absolute Gasteiger partial charge is 0.243 e. The van der Waals surface area contributed by atoms with E-state index in [0.717, 1.165) is 37.3 Å². The zero-order valence-corrected chi connectivity index (χ0v) is 14.4. The zero-order chi connectivity index (χ0) is 16.9. The normalized spacial score (nSPS) is 20.4. The van der Waals surface area contributed by atoms with E-state index >= 15 is 0 Å². The van der Waals surface area contributed by atoms with Gasteiger partial charge < -0.3 is 0 Å². The van der Waals surface area contributed by atoms with E-state index in [9.17, 15) is 12.8 Å². The average Bonchev–Trinajstić information content (AvgIpc) is 3.30. The molecule has 0 heterocycles. The SMILES string of the molecule is Cc1ccc(S(=O)(=O)N(C2CC2)[C@H]2CCc3ccccc32)cc1F. The molecule has 0 unspecified atom stereocenters. The highest BCUT2D eigenvalue weighted by atomic mass is 32.2. The van der Waals surface area contributed by atoms with Crippen LogP contribution in [0.1, 0.15) is 42.0 Å². The predicted molar refractivity (Wildman–Crippen MR) is 90.7 cm³/mol. The van der Waals surface area contributed by atoms with Crippen LogP contribution in [0.4, 0.5) is 4.39 Å². The molecule has 0 saturated heterocycles. The van der Waals surface area contributed by atoms with Crippen molar-refractivity contribution in [3.05, 3.63) is 65.0 Å². The molecule has 2 aromatic carbocycles. The molecule has 3 nitrogen and oxygen atoms in total. The van der Waals surface area contributed by atoms with Crippen molar-refractivity contribution in [1.82, 2.24) is 4.31 Å². The van der Waals surface area contributed by atoms with Gasteiger partial charge in [-0.25, -0.2) is 12.8 Å². The minimum absolute atomic E-state index is 0.0375. The fourth-order valence-electron chi connectivity index (χ4n) is 3.60. The topological polar surface area (TPSA) is 37.4 Å². The summed E-state index contributed by atoms with van der Waals surface area (Å²) in [5.41, 5.74) is 2.78. The molecule has 5 heteroatoms. The number of sulfonamides is 1. The molecule has 2 aliphatic carbocycles. The molecule has 0 N–H and O–H groups in total. The first-order valence-corrected chi connectivity index (χ1v) is 9.80. The smallest absolute Gasteiger partial charge is 0.207 e. The van der Waals surface area contributed by atoms with Crippen LogP contribution in [0.2, 0.25) is 0 Å². The van der Waals surface area contributed by atoms with E-state index in [4.69, 9.17) is 0 Å². The Labute approximate surface area is 142 Å². The van der Waals surface area contributed by atoms with Gasteiger partial charge >= 0.3 is 0 Å². The Morgan fingerprint density at radius 2 is 1.83 bits per heavy atom. The standard InChI is InChI=1S/C19H20FNO2S/c1-13-6-10-16(12-18(13)20)24(22,23)21(15-8-9-15)19-11-7-14-4-2-3-5-17(14)19/h2-6,10,12,15,19H,7-9,11H2,1H3/t19-/m0/s1. The lowest BCUT2D eigenvalue weighted by atomic mass is 10.1. The minimum atomic E-state index is -3.71. The Bertz CT molecular complexity index is 890. The summed E-state index contributed by atoms with van der Waals surface area (Å²) in [5.74, 6) is -0.473. The van der Waals surface area contributed by atoms with Crippen molar-refractivity contribution in [2.75, 3.05) is 0 Å². The molecule has 126 valence electrons. The summed E-state index contributed by atoms with van der Waals surface area (Å²) in [5, 5.41) is 0. The molecular weight excluding hydrogens is 325 g/mol. The van der Waals surface area contributed by atoms with Gasteiger partial charge in [-0.1, -0.05) is 30.3 Å². The van der Waals surface area contributed by atoms with Crippen molar-refractivity contribution in [3.63, 3.8) is 0 Å². The highest BCUT2D eigenvalue weighted by Gasteiger charge is 2.44. The van der Waals surface area contributed by atoms with Gasteiger partial charge in [0.25, 0.3) is 0 Å². The third-order valence-electron chi connectivity index (χ3n) is 5.03. The van der Waals surface area contributed by atoms with Gasteiger partial charge in [0.15, 0.2) is 0 Å². The van der Waals surface area contributed by atoms with Crippen LogP contribution in [-0.2, 0) is 16.4 Å². The number of hydrogen-bond donors (Lipinski definition) is 0. The average molecular weight is 345 g/mol. The van der Waals surface area contributed by atoms with Gasteiger partial charge in [-0.2, -0.15) is 4.31 Å². The second-order valence-corrected chi connectivity index (χ2v) is 8.57. The number of benzene rings is 2. The van der Waals surface area contributed by atoms with Gasteiger partial charge in [-0.15, -0.1) is 0 Å². The Hall–Kier alpha value is -1.72. The molecule has 0 aliphatic heterocycles. The number of halogens is 1. The van der Waals surface area contributed by atoms with Crippen LogP contribution < -0.4 is 0 Å². The highest BCUT2D eigenvalue weighted by Crippen LogP contribution is 2.44. The molecule has 1 fully saturated rings. The summed E-state index contributed by atoms with van der Waals surface area (Å²) >= 11 is 0. The van der Waals surface area contributed by atoms with E-state index in [2.05, 4.69) is 6.07 Å². The van der Waals surface area contributed by atoms with Crippen molar-refractivity contribution in [2.45, 2.75) is 49.6 Å². The molecule has 0 spiro atoms. The summed E-state index contributed by atoms with van der Waals surface area (Å²) in [7, 11) is -3.71. The molecule has 0 amide bonds. The van der Waals surface area contributed by atoms with Crippen LogP contribution in [0.25, 0.3) is 0 Å². The van der Waals surface area contributed by atoms with E-state index in [-0.39, 0.29) is 17.0 Å². The number of nitrogens with zero attached hydrogens (tertiary/aromatic N) is 1. The third kappa shape index (κ3) is 2.56. The third-order valence-corrected chi connectivity index (χ3v) is 6.99. The first kappa shape index (κ1) is 15.8. The van der Waals surface area contributed by atoms with E-state index < -0.39 is 15.8 Å². The number of hydrogen-bond acceptors (Lipinski definition) is 2. The summed E-state index contributed by atoms with van der Waals surface area (Å²) in [6.07, 6.45) is 3.45. The van der Waals surface area contributed by atoms with Crippen molar-refractivity contribution < 1.29 is 12.8 Å². The maximum absolute atomic E-state index is 13.9. The summed E-state index contributed by atoms with van der Waals surface area (Å²) < 4.78 is 42.0. The monoisotopic (exact) mass is 345 g/mol. The van der Waals surface area contributed by atoms with E-state index in [1.807, 2.05) is 18.2 Å². The Balaban J connectivity index is 1.77. The molecule has 24 heavy (non-hydrogen) atoms. The summed E-state index contributed by atoms with van der Waals surface area (Å²) in [6, 6.07) is 12.2. The van der Waals surface area contributed by atoms with Crippen LogP contribution >= 0.6 is 0 Å². The molecule has 2 aromatic rings. The van der Waals surface area contributed by atoms with Crippen molar-refractivity contribution >= 4 is 10.0 Å². The fourth-order valence-corrected chi connectivity index (χ4v) is 5.50. The summed E-state index contributed by atoms with van der Waals surface area (Å²) in [6.45, 7) is 1.64. The quantitative estimate of drug-likeness (QED) is 0.841. The van der Waals surface area contributed by atoms with Crippen molar-refractivity contribution in [2.24, 2.45) is 0 Å². The molecular formula is C19H20FNO2S. The maximum Gasteiger partial charge on any atom is 0.243 e. The zero-order valence-electron chi connectivity index (χ0n) is 13.6. The molecule has 0 bridgehead atoms. The van der Waals surface area contributed by atoms with E-state index in [1.54, 1.807) is 11.2 Å². The Kier molecular flexibility index (Phi) is 3.73. The first-order valence-electron chi connectivity index (χ1n) is 8.36. The van der Waals surface area contributed by atoms with Gasteiger partial charge in [0.2, 0.25) is 10.0 Å². The van der Waals surface area contributed by atoms with Gasteiger partial charge in [0.05, 0.1) is 10.9 Å². The van der Waals surface area contributed by atoms with E-state index in [0.29, 0.717) is 5.56 Å². The lowest BCUT2D eigenvalue weighted by Gasteiger charge is -2.29. The molecule has 0 aromatic heterocycles. The van der Waals surface area contributed by atoms with Gasteiger partial charge in [-0.05, 0) is 61.4 Å². The second kappa shape index (κ2) is 5.67. The lowest BCUT2D eigenvalue weighted by molar-refractivity contribution is 0.314. The predicted octanol–water partition coefficient (Wildman–Crippen LogP) is 3.97. The first-order chi connectivity index (χ1) is 11.5. The van der Waals surface area contributed by atoms with Crippen LogP contribution in [0.15, 0.2) is 47.4 Å². The van der Waals surface area contributed by atoms with Gasteiger partial charge in [0, 0.05) is 6.04 Å². The Morgan fingerprint density at radius 1 is 1.08 bits per heavy atom. The highest BCUT2D eigenvalue weighted by molar-refractivity contribution is 7.89. The van der Waals surface area contributed by atoms with Crippen molar-refractivity contribution in [1.29, 1.82) is 0 Å². The van der Waals surface area contributed by atoms with Crippen LogP contribution in [0, 0.1) is 12.7 Å². The maximum atomic E-state index is 13.9. The van der Waals surface area contributed by atoms with Gasteiger partial charge in [-0.3, -0.25) is 0 Å². The second-order valence-electron chi connectivity index (χ2n) is 6.73. The Morgan fingerprint density at radius 3 is 2.54 bits per heavy atom. The van der Waals surface area contributed by atoms with Crippen LogP contribution in [-0.4, -0.2) is 18.8 Å². The van der Waals surface area contributed by atoms with Crippen LogP contribution in [0.5, 0.6) is 0 Å². The number of fused-ring (bicyclic) bond motifs is 1. The molecule has 1 atom stereocenters. The molecule has 4 rings (SSSR count). The van der Waals surface area contributed by atoms with Crippen LogP contribution in [0.3, 0.4) is 0 Å². The fraction of sp³-hybridized carbons (Fsp3) is 0.368. The van der Waals surface area contributed by atoms with E-state index in [1.165, 1.54) is 17.7 Å². The van der Waals surface area contributed by atoms with Gasteiger partial charge in [0.1, 0.15) is 5.82 Å². The molecule has 1 saturated carbocycles. The molecule has 0 radical (unpaired) electrons. The van der Waals surface area contributed by atoms with Crippen molar-refractivity contribution in [3.8, 4) is 0 Å². The molecule has 2 aliphatic rings. The number of aryl methyl sites for hydroxylation is 2. The summed E-state index contributed by atoms with van der Waals surface area (Å²) in [4.78, 5) is 0.0573. The number of rotatable bonds is 4. The lowest BCUT2D eigenvalue weighted by Crippen LogP contribution is -2.36.